The van der Waals surface area contributed by atoms with Crippen LogP contribution in [-0.4, -0.2) is 21.9 Å². The molecule has 1 aliphatic rings. The summed E-state index contributed by atoms with van der Waals surface area (Å²) in [7, 11) is 0. The van der Waals surface area contributed by atoms with Gasteiger partial charge in [0.25, 0.3) is 17.0 Å². The summed E-state index contributed by atoms with van der Waals surface area (Å²) in [6, 6.07) is 23.7. The lowest BCUT2D eigenvalue weighted by Gasteiger charge is -2.31. The first-order valence-corrected chi connectivity index (χ1v) is 19.9. The molecule has 0 saturated carbocycles. The molecule has 51 heavy (non-hydrogen) atoms. The minimum Gasteiger partial charge on any atom is -0.334 e. The Balaban J connectivity index is 1.66. The van der Waals surface area contributed by atoms with Crippen LogP contribution in [0, 0.1) is 34.5 Å². The number of aromatic nitrogens is 1. The highest BCUT2D eigenvalue weighted by Gasteiger charge is 2.36. The van der Waals surface area contributed by atoms with E-state index in [9.17, 15) is 24.9 Å². The van der Waals surface area contributed by atoms with Crippen molar-refractivity contribution < 1.29 is 4.79 Å². The number of rotatable bonds is 6. The third-order valence-electron chi connectivity index (χ3n) is 9.11. The third kappa shape index (κ3) is 5.18. The predicted octanol–water partition coefficient (Wildman–Crippen LogP) is 7.78. The molecule has 7 nitrogen and oxygen atoms in total. The number of hydrogen-bond donors (Lipinski definition) is 0. The van der Waals surface area contributed by atoms with Crippen molar-refractivity contribution in [2.75, 3.05) is 6.54 Å². The van der Waals surface area contributed by atoms with Gasteiger partial charge in [0.05, 0.1) is 54.0 Å². The maximum atomic E-state index is 14.7. The molecule has 3 aromatic heterocycles. The molecule has 0 N–H and O–H groups in total. The average Bonchev–Trinajstić information content (AvgIpc) is 3.75. The van der Waals surface area contributed by atoms with Crippen molar-refractivity contribution in [3.8, 4) is 12.1 Å². The standard InChI is InChI=1S/C40H30N4O3S4/c1-20(2)17-43-19-26-27-28-30(33-32(26)48-39(49-33)24(15-41)22-11-7-5-8-12-22)37(46)44(18-21(3)4)38(47)31(28)35-34(29(27)36(43)45)50-40(51-35)25(16-42)23-13-9-6-10-14-23/h5-14,20-21H,17-19H2,1-4H3. The molecular weight excluding hydrogens is 713 g/mol. The normalized spacial score (nSPS) is 14.3. The fourth-order valence-electron chi connectivity index (χ4n) is 7.08. The number of carbonyl (C=O) groups excluding carboxylic acids is 1. The minimum absolute atomic E-state index is 0.0150. The van der Waals surface area contributed by atoms with Crippen LogP contribution in [0.4, 0.5) is 0 Å². The molecule has 4 heterocycles. The van der Waals surface area contributed by atoms with Crippen LogP contribution in [0.5, 0.6) is 0 Å². The molecule has 8 rings (SSSR count). The first kappa shape index (κ1) is 33.2. The molecule has 252 valence electrons. The largest absolute Gasteiger partial charge is 0.334 e. The number of fused-ring (bicyclic) bond motifs is 6. The highest BCUT2D eigenvalue weighted by molar-refractivity contribution is 7.38. The molecule has 1 amide bonds. The molecule has 0 atom stereocenters. The van der Waals surface area contributed by atoms with Gasteiger partial charge in [-0.05, 0) is 28.5 Å². The smallest absolute Gasteiger partial charge is 0.262 e. The van der Waals surface area contributed by atoms with Crippen molar-refractivity contribution >= 4 is 103 Å². The van der Waals surface area contributed by atoms with Crippen LogP contribution in [0.3, 0.4) is 0 Å². The molecule has 7 aromatic rings. The maximum absolute atomic E-state index is 14.7. The zero-order chi connectivity index (χ0) is 35.7. The number of pyridine rings is 1. The molecule has 0 unspecified atom stereocenters. The van der Waals surface area contributed by atoms with E-state index in [1.54, 1.807) is 0 Å². The van der Waals surface area contributed by atoms with E-state index in [0.29, 0.717) is 64.6 Å². The first-order chi connectivity index (χ1) is 24.6. The fraction of sp³-hybridized carbons (Fsp3) is 0.225. The topological polar surface area (TPSA) is 107 Å². The molecule has 4 aromatic carbocycles. The van der Waals surface area contributed by atoms with E-state index in [1.165, 1.54) is 49.9 Å². The number of amides is 1. The summed E-state index contributed by atoms with van der Waals surface area (Å²) < 4.78 is 5.68. The molecule has 0 aliphatic carbocycles. The Morgan fingerprint density at radius 2 is 1.12 bits per heavy atom. The second-order valence-corrected chi connectivity index (χ2v) is 18.2. The Hall–Kier alpha value is -4.91. The van der Waals surface area contributed by atoms with Gasteiger partial charge >= 0.3 is 0 Å². The van der Waals surface area contributed by atoms with E-state index < -0.39 is 0 Å². The highest BCUT2D eigenvalue weighted by atomic mass is 32.2. The third-order valence-corrected chi connectivity index (χ3v) is 14.4. The van der Waals surface area contributed by atoms with Gasteiger partial charge in [-0.15, -0.1) is 45.3 Å². The molecule has 0 radical (unpaired) electrons. The van der Waals surface area contributed by atoms with Crippen LogP contribution in [-0.2, 0) is 13.1 Å². The van der Waals surface area contributed by atoms with Gasteiger partial charge in [0.15, 0.2) is 0 Å². The van der Waals surface area contributed by atoms with Crippen LogP contribution >= 0.6 is 45.3 Å². The number of nitriles is 2. The van der Waals surface area contributed by atoms with E-state index in [4.69, 9.17) is 0 Å². The number of hydrogen-bond acceptors (Lipinski definition) is 9. The van der Waals surface area contributed by atoms with E-state index in [0.717, 1.165) is 29.9 Å². The fourth-order valence-corrected chi connectivity index (χ4v) is 12.7. The van der Waals surface area contributed by atoms with E-state index >= 15 is 0 Å². The monoisotopic (exact) mass is 742 g/mol. The Labute approximate surface area is 308 Å². The van der Waals surface area contributed by atoms with Crippen molar-refractivity contribution in [1.82, 2.24) is 9.47 Å². The van der Waals surface area contributed by atoms with Crippen LogP contribution < -0.4 is 18.8 Å². The molecule has 0 fully saturated rings. The van der Waals surface area contributed by atoms with Crippen molar-refractivity contribution in [3.05, 3.63) is 111 Å². The molecule has 0 saturated heterocycles. The number of benzene rings is 4. The van der Waals surface area contributed by atoms with E-state index in [1.807, 2.05) is 79.4 Å². The second-order valence-electron chi connectivity index (χ2n) is 13.6. The van der Waals surface area contributed by atoms with Crippen LogP contribution in [0.15, 0.2) is 70.3 Å². The van der Waals surface area contributed by atoms with Gasteiger partial charge in [0, 0.05) is 30.4 Å². The molecule has 1 aliphatic heterocycles. The van der Waals surface area contributed by atoms with Crippen LogP contribution in [0.1, 0.15) is 54.7 Å². The Morgan fingerprint density at radius 1 is 0.647 bits per heavy atom. The average molecular weight is 743 g/mol. The zero-order valence-electron chi connectivity index (χ0n) is 28.2. The lowest BCUT2D eigenvalue weighted by atomic mass is 9.90. The summed E-state index contributed by atoms with van der Waals surface area (Å²) in [5, 5.41) is 22.8. The van der Waals surface area contributed by atoms with Crippen molar-refractivity contribution in [2.24, 2.45) is 11.8 Å². The quantitative estimate of drug-likeness (QED) is 0.173. The van der Waals surface area contributed by atoms with Crippen LogP contribution in [0.25, 0.3) is 51.5 Å². The van der Waals surface area contributed by atoms with Crippen LogP contribution in [0.2, 0.25) is 0 Å². The molecule has 0 spiro atoms. The summed E-state index contributed by atoms with van der Waals surface area (Å²) in [6.07, 6.45) is 0. The molecule has 0 bridgehead atoms. The summed E-state index contributed by atoms with van der Waals surface area (Å²) in [5.74, 6) is 0.0651. The van der Waals surface area contributed by atoms with Gasteiger partial charge in [-0.3, -0.25) is 19.0 Å². The lowest BCUT2D eigenvalue weighted by Crippen LogP contribution is -2.38. The van der Waals surface area contributed by atoms with Crippen molar-refractivity contribution in [2.45, 2.75) is 40.8 Å². The lowest BCUT2D eigenvalue weighted by molar-refractivity contribution is 0.0720. The zero-order valence-corrected chi connectivity index (χ0v) is 31.5. The van der Waals surface area contributed by atoms with Gasteiger partial charge in [-0.25, -0.2) is 0 Å². The second kappa shape index (κ2) is 12.7. The summed E-state index contributed by atoms with van der Waals surface area (Å²) in [5.41, 5.74) is 3.14. The van der Waals surface area contributed by atoms with E-state index in [2.05, 4.69) is 26.0 Å². The minimum atomic E-state index is -0.382. The summed E-state index contributed by atoms with van der Waals surface area (Å²) in [6.45, 7) is 9.18. The molecule has 11 heteroatoms. The highest BCUT2D eigenvalue weighted by Crippen LogP contribution is 2.47. The Bertz CT molecular complexity index is 2900. The Kier molecular flexibility index (Phi) is 8.28. The Morgan fingerprint density at radius 3 is 1.61 bits per heavy atom. The van der Waals surface area contributed by atoms with Gasteiger partial charge in [0.1, 0.15) is 12.1 Å². The summed E-state index contributed by atoms with van der Waals surface area (Å²) in [4.78, 5) is 45.9. The van der Waals surface area contributed by atoms with Gasteiger partial charge in [-0.1, -0.05) is 88.4 Å². The van der Waals surface area contributed by atoms with Crippen molar-refractivity contribution in [3.63, 3.8) is 0 Å². The first-order valence-electron chi connectivity index (χ1n) is 16.6. The maximum Gasteiger partial charge on any atom is 0.262 e. The SMILES string of the molecule is CC(C)CN1Cc2c3sc(=C(C#N)c4ccccc4)sc3c3c(=O)n(CC(C)C)c(=O)c4c5sc(=C(C#N)c6ccccc6)sc5c(c2c34)C1=O. The summed E-state index contributed by atoms with van der Waals surface area (Å²) >= 11 is 5.59. The number of nitrogens with zero attached hydrogens (tertiary/aromatic N) is 4. The number of carbonyl (C=O) groups is 1. The molecular formula is C40H30N4O3S4. The predicted molar refractivity (Wildman–Crippen MR) is 211 cm³/mol. The van der Waals surface area contributed by atoms with Crippen molar-refractivity contribution in [1.29, 1.82) is 10.5 Å². The van der Waals surface area contributed by atoms with Gasteiger partial charge < -0.3 is 4.90 Å². The van der Waals surface area contributed by atoms with Gasteiger partial charge in [0.2, 0.25) is 0 Å². The van der Waals surface area contributed by atoms with Gasteiger partial charge in [-0.2, -0.15) is 10.5 Å². The van der Waals surface area contributed by atoms with E-state index in [-0.39, 0.29) is 35.4 Å².